The lowest BCUT2D eigenvalue weighted by atomic mass is 9.97. The number of hydrogen-bond donors (Lipinski definition) is 4. The maximum atomic E-state index is 12.0. The SMILES string of the molecule is CCOCC(=O)NCCOCCOCC(=O)C[C@@H](CCC(=O)N[C@@H](CCC(C)=O)C(=O)O)C(=O)O. The predicted molar refractivity (Wildman–Crippen MR) is 121 cm³/mol. The molecule has 0 aliphatic rings. The molecule has 4 N–H and O–H groups in total. The van der Waals surface area contributed by atoms with Crippen LogP contribution in [0.2, 0.25) is 0 Å². The molecule has 13 nitrogen and oxygen atoms in total. The van der Waals surface area contributed by atoms with E-state index in [-0.39, 0.29) is 76.8 Å². The lowest BCUT2D eigenvalue weighted by Gasteiger charge is -2.15. The molecule has 0 heterocycles. The molecular weight excluding hydrogens is 468 g/mol. The van der Waals surface area contributed by atoms with E-state index in [1.54, 1.807) is 6.92 Å². The number of nitrogens with one attached hydrogen (secondary N) is 2. The van der Waals surface area contributed by atoms with Crippen LogP contribution in [0.5, 0.6) is 0 Å². The van der Waals surface area contributed by atoms with E-state index in [9.17, 15) is 33.9 Å². The van der Waals surface area contributed by atoms with Crippen LogP contribution >= 0.6 is 0 Å². The second kappa shape index (κ2) is 19.4. The van der Waals surface area contributed by atoms with Crippen LogP contribution in [0.3, 0.4) is 0 Å². The first-order valence-electron chi connectivity index (χ1n) is 11.3. The van der Waals surface area contributed by atoms with Crippen molar-refractivity contribution in [2.45, 2.75) is 52.0 Å². The molecule has 35 heavy (non-hydrogen) atoms. The van der Waals surface area contributed by atoms with Crippen LogP contribution in [0.1, 0.15) is 46.0 Å². The topological polar surface area (TPSA) is 195 Å². The first-order chi connectivity index (χ1) is 16.6. The fourth-order valence-electron chi connectivity index (χ4n) is 2.74. The number of carboxylic acid groups (broad SMARTS) is 2. The van der Waals surface area contributed by atoms with Crippen molar-refractivity contribution < 1.29 is 53.2 Å². The van der Waals surface area contributed by atoms with Gasteiger partial charge in [-0.2, -0.15) is 0 Å². The summed E-state index contributed by atoms with van der Waals surface area (Å²) in [6.45, 7) is 3.99. The molecule has 0 aliphatic carbocycles. The fraction of sp³-hybridized carbons (Fsp3) is 0.727. The van der Waals surface area contributed by atoms with Gasteiger partial charge in [0, 0.05) is 32.4 Å². The van der Waals surface area contributed by atoms with Gasteiger partial charge in [-0.25, -0.2) is 4.79 Å². The summed E-state index contributed by atoms with van der Waals surface area (Å²) in [7, 11) is 0. The molecule has 0 saturated carbocycles. The van der Waals surface area contributed by atoms with E-state index in [2.05, 4.69) is 10.6 Å². The second-order valence-corrected chi connectivity index (χ2v) is 7.67. The third kappa shape index (κ3) is 18.1. The molecule has 0 spiro atoms. The molecule has 0 aliphatic heterocycles. The van der Waals surface area contributed by atoms with Gasteiger partial charge >= 0.3 is 11.9 Å². The summed E-state index contributed by atoms with van der Waals surface area (Å²) in [6.07, 6.45) is -0.879. The summed E-state index contributed by atoms with van der Waals surface area (Å²) >= 11 is 0. The van der Waals surface area contributed by atoms with E-state index >= 15 is 0 Å². The molecule has 13 heteroatoms. The Labute approximate surface area is 203 Å². The molecule has 0 aromatic carbocycles. The van der Waals surface area contributed by atoms with Gasteiger partial charge in [0.1, 0.15) is 25.0 Å². The highest BCUT2D eigenvalue weighted by Gasteiger charge is 2.24. The lowest BCUT2D eigenvalue weighted by Crippen LogP contribution is -2.41. The Morgan fingerprint density at radius 2 is 1.49 bits per heavy atom. The van der Waals surface area contributed by atoms with Gasteiger partial charge < -0.3 is 39.9 Å². The van der Waals surface area contributed by atoms with Crippen molar-refractivity contribution in [3.05, 3.63) is 0 Å². The maximum absolute atomic E-state index is 12.0. The molecule has 2 atom stereocenters. The summed E-state index contributed by atoms with van der Waals surface area (Å²) in [5, 5.41) is 23.3. The zero-order valence-corrected chi connectivity index (χ0v) is 20.2. The molecule has 200 valence electrons. The van der Waals surface area contributed by atoms with Crippen molar-refractivity contribution in [2.75, 3.05) is 46.2 Å². The first-order valence-corrected chi connectivity index (χ1v) is 11.3. The largest absolute Gasteiger partial charge is 0.481 e. The summed E-state index contributed by atoms with van der Waals surface area (Å²) < 4.78 is 15.3. The van der Waals surface area contributed by atoms with E-state index in [4.69, 9.17) is 19.3 Å². The smallest absolute Gasteiger partial charge is 0.326 e. The Kier molecular flexibility index (Phi) is 17.8. The zero-order valence-electron chi connectivity index (χ0n) is 20.2. The average Bonchev–Trinajstić information content (AvgIpc) is 2.78. The average molecular weight is 505 g/mol. The highest BCUT2D eigenvalue weighted by atomic mass is 16.5. The molecule has 0 rings (SSSR count). The summed E-state index contributed by atoms with van der Waals surface area (Å²) in [4.78, 5) is 69.0. The minimum absolute atomic E-state index is 0.0143. The molecule has 0 aromatic heterocycles. The lowest BCUT2D eigenvalue weighted by molar-refractivity contribution is -0.145. The van der Waals surface area contributed by atoms with E-state index in [0.717, 1.165) is 0 Å². The van der Waals surface area contributed by atoms with Crippen molar-refractivity contribution in [3.8, 4) is 0 Å². The van der Waals surface area contributed by atoms with Gasteiger partial charge in [0.15, 0.2) is 5.78 Å². The van der Waals surface area contributed by atoms with Gasteiger partial charge in [0.25, 0.3) is 0 Å². The molecule has 2 amide bonds. The van der Waals surface area contributed by atoms with Gasteiger partial charge in [-0.15, -0.1) is 0 Å². The Balaban J connectivity index is 4.14. The number of aliphatic carboxylic acids is 2. The third-order valence-corrected chi connectivity index (χ3v) is 4.60. The quantitative estimate of drug-likeness (QED) is 0.139. The fourth-order valence-corrected chi connectivity index (χ4v) is 2.74. The maximum Gasteiger partial charge on any atom is 0.326 e. The van der Waals surface area contributed by atoms with Crippen molar-refractivity contribution >= 4 is 35.3 Å². The van der Waals surface area contributed by atoms with E-state index < -0.39 is 35.6 Å². The summed E-state index contributed by atoms with van der Waals surface area (Å²) in [6, 6.07) is -1.25. The number of amides is 2. The van der Waals surface area contributed by atoms with Gasteiger partial charge in [0.05, 0.1) is 25.7 Å². The normalized spacial score (nSPS) is 12.4. The number of carbonyl (C=O) groups is 6. The number of Topliss-reactive ketones (excluding diaryl/α,β-unsaturated/α-hetero) is 2. The van der Waals surface area contributed by atoms with Gasteiger partial charge in [-0.05, 0) is 26.7 Å². The van der Waals surface area contributed by atoms with E-state index in [1.807, 2.05) is 0 Å². The van der Waals surface area contributed by atoms with Crippen LogP contribution in [0.15, 0.2) is 0 Å². The molecule has 0 saturated heterocycles. The van der Waals surface area contributed by atoms with Crippen LogP contribution in [0.25, 0.3) is 0 Å². The molecule has 0 radical (unpaired) electrons. The minimum atomic E-state index is -1.29. The third-order valence-electron chi connectivity index (χ3n) is 4.60. The highest BCUT2D eigenvalue weighted by molar-refractivity contribution is 5.86. The Morgan fingerprint density at radius 1 is 0.800 bits per heavy atom. The molecule has 0 unspecified atom stereocenters. The van der Waals surface area contributed by atoms with Crippen LogP contribution in [0.4, 0.5) is 0 Å². The van der Waals surface area contributed by atoms with Gasteiger partial charge in [-0.3, -0.25) is 19.2 Å². The first kappa shape index (κ1) is 32.1. The van der Waals surface area contributed by atoms with E-state index in [1.165, 1.54) is 6.92 Å². The monoisotopic (exact) mass is 504 g/mol. The van der Waals surface area contributed by atoms with Crippen LogP contribution < -0.4 is 10.6 Å². The molecule has 0 bridgehead atoms. The molecular formula is C22H36N2O11. The van der Waals surface area contributed by atoms with Crippen LogP contribution in [-0.4, -0.2) is 97.8 Å². The van der Waals surface area contributed by atoms with Crippen LogP contribution in [-0.2, 0) is 43.0 Å². The molecule has 0 aromatic rings. The number of ketones is 2. The standard InChI is InChI=1S/C22H36N2O11/c1-3-33-14-20(28)23-8-9-34-10-11-35-13-17(26)12-16(21(29)30)5-7-19(27)24-18(22(31)32)6-4-15(2)25/h16,18H,3-14H2,1-2H3,(H,23,28)(H,24,27)(H,29,30)(H,31,32)/t16-,18+/m1/s1. The summed E-state index contributed by atoms with van der Waals surface area (Å²) in [5.41, 5.74) is 0. The Bertz CT molecular complexity index is 712. The van der Waals surface area contributed by atoms with E-state index in [0.29, 0.717) is 13.2 Å². The molecule has 0 fully saturated rings. The highest BCUT2D eigenvalue weighted by Crippen LogP contribution is 2.13. The Morgan fingerprint density at radius 3 is 2.09 bits per heavy atom. The van der Waals surface area contributed by atoms with Crippen molar-refractivity contribution in [2.24, 2.45) is 5.92 Å². The minimum Gasteiger partial charge on any atom is -0.481 e. The number of carboxylic acids is 2. The summed E-state index contributed by atoms with van der Waals surface area (Å²) in [5.74, 6) is -5.30. The number of hydrogen-bond acceptors (Lipinski definition) is 9. The van der Waals surface area contributed by atoms with Gasteiger partial charge in [0.2, 0.25) is 11.8 Å². The van der Waals surface area contributed by atoms with Gasteiger partial charge in [-0.1, -0.05) is 0 Å². The predicted octanol–water partition coefficient (Wildman–Crippen LogP) is -0.449. The van der Waals surface area contributed by atoms with Crippen molar-refractivity contribution in [1.29, 1.82) is 0 Å². The zero-order chi connectivity index (χ0) is 26.6. The number of carbonyl (C=O) groups excluding carboxylic acids is 4. The van der Waals surface area contributed by atoms with Crippen LogP contribution in [0, 0.1) is 5.92 Å². The van der Waals surface area contributed by atoms with Crippen molar-refractivity contribution in [1.82, 2.24) is 10.6 Å². The second-order valence-electron chi connectivity index (χ2n) is 7.67. The number of ether oxygens (including phenoxy) is 3. The number of rotatable bonds is 22. The Hall–Kier alpha value is -2.90. The van der Waals surface area contributed by atoms with Crippen molar-refractivity contribution in [3.63, 3.8) is 0 Å².